The molecule has 17 heavy (non-hydrogen) atoms. The van der Waals surface area contributed by atoms with E-state index < -0.39 is 5.97 Å². The molecule has 2 aromatic rings. The van der Waals surface area contributed by atoms with Gasteiger partial charge in [0.2, 0.25) is 0 Å². The summed E-state index contributed by atoms with van der Waals surface area (Å²) in [4.78, 5) is 15.7. The summed E-state index contributed by atoms with van der Waals surface area (Å²) in [6.45, 7) is 0. The lowest BCUT2D eigenvalue weighted by Gasteiger charge is -2.09. The van der Waals surface area contributed by atoms with Crippen molar-refractivity contribution in [3.05, 3.63) is 48.2 Å². The van der Waals surface area contributed by atoms with Gasteiger partial charge in [0.25, 0.3) is 0 Å². The topological polar surface area (TPSA) is 65.2 Å². The third-order valence-electron chi connectivity index (χ3n) is 2.45. The van der Waals surface area contributed by atoms with Crippen LogP contribution in [0.5, 0.6) is 0 Å². The third kappa shape index (κ3) is 2.10. The standard InChI is InChI=1S/C13H12N2O2/c1-17-13(16)10-7-8-15-12(14)11(10)9-5-3-2-4-6-9/h2-8H,1H3,(H2,14,15). The SMILES string of the molecule is COC(=O)c1ccnc(N)c1-c1ccccc1. The minimum Gasteiger partial charge on any atom is -0.465 e. The third-order valence-corrected chi connectivity index (χ3v) is 2.45. The molecule has 0 amide bonds. The molecule has 0 radical (unpaired) electrons. The van der Waals surface area contributed by atoms with E-state index in [9.17, 15) is 4.79 Å². The fourth-order valence-corrected chi connectivity index (χ4v) is 1.67. The molecule has 2 N–H and O–H groups in total. The van der Waals surface area contributed by atoms with Crippen molar-refractivity contribution in [3.8, 4) is 11.1 Å². The van der Waals surface area contributed by atoms with Gasteiger partial charge in [-0.2, -0.15) is 0 Å². The van der Waals surface area contributed by atoms with Crippen LogP contribution in [0.4, 0.5) is 5.82 Å². The fourth-order valence-electron chi connectivity index (χ4n) is 1.67. The largest absolute Gasteiger partial charge is 0.465 e. The summed E-state index contributed by atoms with van der Waals surface area (Å²) in [5.74, 6) is -0.1000. The Morgan fingerprint density at radius 3 is 2.59 bits per heavy atom. The van der Waals surface area contributed by atoms with Crippen LogP contribution in [0.15, 0.2) is 42.6 Å². The molecule has 0 bridgehead atoms. The molecular weight excluding hydrogens is 216 g/mol. The lowest BCUT2D eigenvalue weighted by Crippen LogP contribution is -2.06. The summed E-state index contributed by atoms with van der Waals surface area (Å²) in [6.07, 6.45) is 1.49. The molecule has 4 heteroatoms. The van der Waals surface area contributed by atoms with Crippen molar-refractivity contribution < 1.29 is 9.53 Å². The van der Waals surface area contributed by atoms with Gasteiger partial charge in [-0.15, -0.1) is 0 Å². The lowest BCUT2D eigenvalue weighted by atomic mass is 10.0. The minimum absolute atomic E-state index is 0.319. The Hall–Kier alpha value is -2.36. The number of rotatable bonds is 2. The number of nitrogens with two attached hydrogens (primary N) is 1. The van der Waals surface area contributed by atoms with Crippen LogP contribution < -0.4 is 5.73 Å². The predicted octanol–water partition coefficient (Wildman–Crippen LogP) is 2.12. The fraction of sp³-hybridized carbons (Fsp3) is 0.0769. The van der Waals surface area contributed by atoms with Crippen LogP contribution in [0, 0.1) is 0 Å². The second-order valence-electron chi connectivity index (χ2n) is 3.48. The van der Waals surface area contributed by atoms with Gasteiger partial charge in [-0.05, 0) is 11.6 Å². The predicted molar refractivity (Wildman–Crippen MR) is 65.4 cm³/mol. The Morgan fingerprint density at radius 1 is 1.24 bits per heavy atom. The number of ether oxygens (including phenoxy) is 1. The molecule has 0 aliphatic carbocycles. The summed E-state index contributed by atoms with van der Waals surface area (Å²) < 4.78 is 4.73. The molecular formula is C13H12N2O2. The molecule has 0 unspecified atom stereocenters. The van der Waals surface area contributed by atoms with E-state index in [4.69, 9.17) is 10.5 Å². The summed E-state index contributed by atoms with van der Waals surface area (Å²) >= 11 is 0. The highest BCUT2D eigenvalue weighted by Crippen LogP contribution is 2.28. The number of benzene rings is 1. The van der Waals surface area contributed by atoms with E-state index in [1.807, 2.05) is 30.3 Å². The van der Waals surface area contributed by atoms with Crippen molar-refractivity contribution in [1.82, 2.24) is 4.98 Å². The van der Waals surface area contributed by atoms with E-state index in [0.29, 0.717) is 16.9 Å². The van der Waals surface area contributed by atoms with Crippen molar-refractivity contribution >= 4 is 11.8 Å². The number of carbonyl (C=O) groups is 1. The molecule has 1 aromatic carbocycles. The first-order valence-electron chi connectivity index (χ1n) is 5.12. The zero-order valence-electron chi connectivity index (χ0n) is 9.38. The molecule has 0 aliphatic rings. The van der Waals surface area contributed by atoms with E-state index in [1.54, 1.807) is 6.07 Å². The molecule has 0 aliphatic heterocycles. The second kappa shape index (κ2) is 4.65. The van der Waals surface area contributed by atoms with Gasteiger partial charge in [0.05, 0.1) is 12.7 Å². The molecule has 4 nitrogen and oxygen atoms in total. The maximum atomic E-state index is 11.7. The number of nitrogen functional groups attached to an aromatic ring is 1. The van der Waals surface area contributed by atoms with Gasteiger partial charge in [-0.3, -0.25) is 0 Å². The Labute approximate surface area is 99.1 Å². The van der Waals surface area contributed by atoms with Crippen molar-refractivity contribution in [1.29, 1.82) is 0 Å². The molecule has 0 saturated carbocycles. The van der Waals surface area contributed by atoms with Gasteiger partial charge in [-0.1, -0.05) is 30.3 Å². The first kappa shape index (κ1) is 11.1. The van der Waals surface area contributed by atoms with Crippen molar-refractivity contribution in [2.75, 3.05) is 12.8 Å². The first-order valence-corrected chi connectivity index (χ1v) is 5.12. The number of nitrogens with zero attached hydrogens (tertiary/aromatic N) is 1. The summed E-state index contributed by atoms with van der Waals surface area (Å²) in [5.41, 5.74) is 7.71. The zero-order valence-corrected chi connectivity index (χ0v) is 9.38. The van der Waals surface area contributed by atoms with Crippen LogP contribution in [0.25, 0.3) is 11.1 Å². The van der Waals surface area contributed by atoms with Crippen LogP contribution in [0.3, 0.4) is 0 Å². The maximum Gasteiger partial charge on any atom is 0.338 e. The molecule has 0 spiro atoms. The van der Waals surface area contributed by atoms with Crippen LogP contribution in [-0.4, -0.2) is 18.1 Å². The number of pyridine rings is 1. The van der Waals surface area contributed by atoms with Gasteiger partial charge in [0.1, 0.15) is 5.82 Å². The van der Waals surface area contributed by atoms with E-state index in [-0.39, 0.29) is 0 Å². The van der Waals surface area contributed by atoms with Crippen molar-refractivity contribution in [3.63, 3.8) is 0 Å². The molecule has 86 valence electrons. The van der Waals surface area contributed by atoms with E-state index in [2.05, 4.69) is 4.98 Å². The van der Waals surface area contributed by atoms with Gasteiger partial charge < -0.3 is 10.5 Å². The molecule has 0 fully saturated rings. The molecule has 1 aromatic heterocycles. The summed E-state index contributed by atoms with van der Waals surface area (Å²) in [6, 6.07) is 11.0. The Morgan fingerprint density at radius 2 is 1.94 bits per heavy atom. The van der Waals surface area contributed by atoms with E-state index in [1.165, 1.54) is 13.3 Å². The number of esters is 1. The van der Waals surface area contributed by atoms with Crippen LogP contribution in [0.2, 0.25) is 0 Å². The number of anilines is 1. The van der Waals surface area contributed by atoms with Crippen LogP contribution >= 0.6 is 0 Å². The Balaban J connectivity index is 2.64. The molecule has 2 rings (SSSR count). The van der Waals surface area contributed by atoms with Gasteiger partial charge in [0, 0.05) is 11.8 Å². The highest BCUT2D eigenvalue weighted by atomic mass is 16.5. The molecule has 0 saturated heterocycles. The lowest BCUT2D eigenvalue weighted by molar-refractivity contribution is 0.0601. The number of methoxy groups -OCH3 is 1. The maximum absolute atomic E-state index is 11.7. The second-order valence-corrected chi connectivity index (χ2v) is 3.48. The highest BCUT2D eigenvalue weighted by molar-refractivity contribution is 5.99. The normalized spacial score (nSPS) is 9.94. The molecule has 0 atom stereocenters. The zero-order chi connectivity index (χ0) is 12.3. The van der Waals surface area contributed by atoms with E-state index in [0.717, 1.165) is 5.56 Å². The number of hydrogen-bond acceptors (Lipinski definition) is 4. The van der Waals surface area contributed by atoms with Gasteiger partial charge >= 0.3 is 5.97 Å². The van der Waals surface area contributed by atoms with Gasteiger partial charge in [0.15, 0.2) is 0 Å². The number of hydrogen-bond donors (Lipinski definition) is 1. The molecule has 1 heterocycles. The Bertz CT molecular complexity index is 538. The minimum atomic E-state index is -0.419. The number of aromatic nitrogens is 1. The summed E-state index contributed by atoms with van der Waals surface area (Å²) in [5, 5.41) is 0. The smallest absolute Gasteiger partial charge is 0.338 e. The highest BCUT2D eigenvalue weighted by Gasteiger charge is 2.16. The summed E-state index contributed by atoms with van der Waals surface area (Å²) in [7, 11) is 1.34. The van der Waals surface area contributed by atoms with Crippen LogP contribution in [-0.2, 0) is 4.74 Å². The first-order chi connectivity index (χ1) is 8.24. The van der Waals surface area contributed by atoms with Crippen molar-refractivity contribution in [2.24, 2.45) is 0 Å². The monoisotopic (exact) mass is 228 g/mol. The Kier molecular flexibility index (Phi) is 3.05. The quantitative estimate of drug-likeness (QED) is 0.799. The number of carbonyl (C=O) groups excluding carboxylic acids is 1. The van der Waals surface area contributed by atoms with E-state index >= 15 is 0 Å². The van der Waals surface area contributed by atoms with Gasteiger partial charge in [-0.25, -0.2) is 9.78 Å². The van der Waals surface area contributed by atoms with Crippen molar-refractivity contribution in [2.45, 2.75) is 0 Å². The average Bonchev–Trinajstić information content (AvgIpc) is 2.38. The van der Waals surface area contributed by atoms with Crippen LogP contribution in [0.1, 0.15) is 10.4 Å². The average molecular weight is 228 g/mol.